The first-order chi connectivity index (χ1) is 8.84. The molecule has 2 aromatic rings. The van der Waals surface area contributed by atoms with E-state index in [4.69, 9.17) is 0 Å². The minimum absolute atomic E-state index is 0.429. The molecule has 1 aromatic heterocycles. The Bertz CT molecular complexity index is 526. The number of rotatable bonds is 2. The molecule has 2 nitrogen and oxygen atoms in total. The topological polar surface area (TPSA) is 23.5 Å². The van der Waals surface area contributed by atoms with E-state index in [1.54, 1.807) is 17.4 Å². The number of thiophene rings is 1. The number of fused-ring (bicyclic) bond motifs is 1. The summed E-state index contributed by atoms with van der Waals surface area (Å²) >= 11 is 1.74. The summed E-state index contributed by atoms with van der Waals surface area (Å²) in [7, 11) is 0. The first kappa shape index (κ1) is 12.0. The molecule has 3 heteroatoms. The third-order valence-corrected chi connectivity index (χ3v) is 4.74. The molecule has 3 rings (SSSR count). The maximum Gasteiger partial charge on any atom is 0.124 e. The van der Waals surface area contributed by atoms with Gasteiger partial charge in [0.1, 0.15) is 5.75 Å². The van der Waals surface area contributed by atoms with Crippen LogP contribution in [0.5, 0.6) is 5.75 Å². The minimum atomic E-state index is 0.429. The van der Waals surface area contributed by atoms with E-state index in [1.807, 2.05) is 6.07 Å². The van der Waals surface area contributed by atoms with Crippen molar-refractivity contribution in [3.8, 4) is 5.75 Å². The zero-order chi connectivity index (χ0) is 12.4. The Balaban J connectivity index is 1.85. The fraction of sp³-hybridized carbons (Fsp3) is 0.467. The molecule has 1 fully saturated rings. The molecule has 1 aromatic carbocycles. The summed E-state index contributed by atoms with van der Waals surface area (Å²) in [5.74, 6) is 0.429. The largest absolute Gasteiger partial charge is 0.507 e. The fourth-order valence-corrected chi connectivity index (χ4v) is 3.76. The fourth-order valence-electron chi connectivity index (χ4n) is 2.79. The van der Waals surface area contributed by atoms with Crippen LogP contribution in [-0.2, 0) is 6.54 Å². The average molecular weight is 261 g/mol. The van der Waals surface area contributed by atoms with Crippen molar-refractivity contribution < 1.29 is 5.11 Å². The van der Waals surface area contributed by atoms with Crippen LogP contribution in [0.25, 0.3) is 10.1 Å². The molecule has 0 saturated carbocycles. The van der Waals surface area contributed by atoms with Gasteiger partial charge in [-0.1, -0.05) is 18.9 Å². The maximum atomic E-state index is 10.0. The van der Waals surface area contributed by atoms with Gasteiger partial charge in [-0.25, -0.2) is 0 Å². The molecule has 18 heavy (non-hydrogen) atoms. The van der Waals surface area contributed by atoms with Crippen LogP contribution in [0.3, 0.4) is 0 Å². The Morgan fingerprint density at radius 2 is 1.89 bits per heavy atom. The van der Waals surface area contributed by atoms with Crippen LogP contribution in [-0.4, -0.2) is 23.1 Å². The molecule has 0 radical (unpaired) electrons. The molecule has 2 heterocycles. The lowest BCUT2D eigenvalue weighted by Gasteiger charge is -2.19. The van der Waals surface area contributed by atoms with Gasteiger partial charge in [-0.2, -0.15) is 0 Å². The quantitative estimate of drug-likeness (QED) is 0.883. The summed E-state index contributed by atoms with van der Waals surface area (Å²) in [6.45, 7) is 3.38. The normalized spacial score (nSPS) is 18.0. The van der Waals surface area contributed by atoms with E-state index in [0.717, 1.165) is 11.9 Å². The summed E-state index contributed by atoms with van der Waals surface area (Å²) in [6, 6.07) is 5.80. The molecule has 1 N–H and O–H groups in total. The van der Waals surface area contributed by atoms with Crippen molar-refractivity contribution in [1.29, 1.82) is 0 Å². The monoisotopic (exact) mass is 261 g/mol. The Morgan fingerprint density at radius 3 is 2.67 bits per heavy atom. The van der Waals surface area contributed by atoms with Crippen LogP contribution >= 0.6 is 11.3 Å². The van der Waals surface area contributed by atoms with E-state index in [2.05, 4.69) is 16.3 Å². The van der Waals surface area contributed by atoms with Crippen molar-refractivity contribution in [3.05, 3.63) is 29.1 Å². The molecule has 1 aliphatic rings. The van der Waals surface area contributed by atoms with Crippen molar-refractivity contribution in [1.82, 2.24) is 4.90 Å². The van der Waals surface area contributed by atoms with Crippen LogP contribution in [0.4, 0.5) is 0 Å². The first-order valence-electron chi connectivity index (χ1n) is 6.75. The molecule has 0 aliphatic carbocycles. The van der Waals surface area contributed by atoms with Crippen molar-refractivity contribution in [2.45, 2.75) is 32.2 Å². The Kier molecular flexibility index (Phi) is 3.52. The highest BCUT2D eigenvalue weighted by Crippen LogP contribution is 2.33. The number of likely N-dealkylation sites (tertiary alicyclic amines) is 1. The van der Waals surface area contributed by atoms with Crippen LogP contribution in [0.1, 0.15) is 31.2 Å². The smallest absolute Gasteiger partial charge is 0.124 e. The van der Waals surface area contributed by atoms with Gasteiger partial charge in [0.15, 0.2) is 0 Å². The van der Waals surface area contributed by atoms with Crippen molar-refractivity contribution in [2.24, 2.45) is 0 Å². The second kappa shape index (κ2) is 5.29. The van der Waals surface area contributed by atoms with E-state index in [1.165, 1.54) is 49.0 Å². The minimum Gasteiger partial charge on any atom is -0.507 e. The van der Waals surface area contributed by atoms with Gasteiger partial charge in [0.25, 0.3) is 0 Å². The lowest BCUT2D eigenvalue weighted by Crippen LogP contribution is -2.23. The van der Waals surface area contributed by atoms with Gasteiger partial charge < -0.3 is 5.11 Å². The van der Waals surface area contributed by atoms with Gasteiger partial charge in [0, 0.05) is 16.6 Å². The SMILES string of the molecule is Oc1cccc2scc(CN3CCCCCC3)c12. The second-order valence-corrected chi connectivity index (χ2v) is 6.01. The third kappa shape index (κ3) is 2.38. The van der Waals surface area contributed by atoms with Crippen molar-refractivity contribution in [2.75, 3.05) is 13.1 Å². The van der Waals surface area contributed by atoms with Gasteiger partial charge in [-0.05, 0) is 49.0 Å². The van der Waals surface area contributed by atoms with E-state index in [0.29, 0.717) is 5.75 Å². The van der Waals surface area contributed by atoms with Gasteiger partial charge in [-0.3, -0.25) is 4.90 Å². The van der Waals surface area contributed by atoms with Crippen LogP contribution in [0.2, 0.25) is 0 Å². The number of phenols is 1. The molecule has 0 bridgehead atoms. The first-order valence-corrected chi connectivity index (χ1v) is 7.63. The van der Waals surface area contributed by atoms with Crippen LogP contribution in [0, 0.1) is 0 Å². The Labute approximate surface area is 112 Å². The standard InChI is InChI=1S/C15H19NOS/c17-13-6-5-7-14-15(13)12(11-18-14)10-16-8-3-1-2-4-9-16/h5-7,11,17H,1-4,8-10H2. The Hall–Kier alpha value is -1.06. The highest BCUT2D eigenvalue weighted by atomic mass is 32.1. The van der Waals surface area contributed by atoms with Gasteiger partial charge in [0.05, 0.1) is 0 Å². The molecule has 0 atom stereocenters. The van der Waals surface area contributed by atoms with E-state index in [9.17, 15) is 5.11 Å². The summed E-state index contributed by atoms with van der Waals surface area (Å²) in [6.07, 6.45) is 5.36. The van der Waals surface area contributed by atoms with Gasteiger partial charge in [0.2, 0.25) is 0 Å². The predicted octanol–water partition coefficient (Wildman–Crippen LogP) is 3.98. The van der Waals surface area contributed by atoms with Crippen LogP contribution in [0.15, 0.2) is 23.6 Å². The zero-order valence-electron chi connectivity index (χ0n) is 10.6. The molecule has 1 aliphatic heterocycles. The molecule has 0 amide bonds. The second-order valence-electron chi connectivity index (χ2n) is 5.10. The van der Waals surface area contributed by atoms with Crippen molar-refractivity contribution >= 4 is 21.4 Å². The van der Waals surface area contributed by atoms with Gasteiger partial charge in [-0.15, -0.1) is 11.3 Å². The average Bonchev–Trinajstić information content (AvgIpc) is 2.60. The molecule has 96 valence electrons. The number of benzene rings is 1. The highest BCUT2D eigenvalue weighted by molar-refractivity contribution is 7.17. The van der Waals surface area contributed by atoms with E-state index >= 15 is 0 Å². The highest BCUT2D eigenvalue weighted by Gasteiger charge is 2.13. The molecular formula is C15H19NOS. The maximum absolute atomic E-state index is 10.0. The molecule has 1 saturated heterocycles. The summed E-state index contributed by atoms with van der Waals surface area (Å²) in [4.78, 5) is 2.53. The zero-order valence-corrected chi connectivity index (χ0v) is 11.4. The summed E-state index contributed by atoms with van der Waals surface area (Å²) in [5, 5.41) is 13.3. The third-order valence-electron chi connectivity index (χ3n) is 3.75. The number of aromatic hydroxyl groups is 1. The summed E-state index contributed by atoms with van der Waals surface area (Å²) in [5.41, 5.74) is 1.29. The number of phenolic OH excluding ortho intramolecular Hbond substituents is 1. The predicted molar refractivity (Wildman–Crippen MR) is 77.2 cm³/mol. The van der Waals surface area contributed by atoms with Crippen molar-refractivity contribution in [3.63, 3.8) is 0 Å². The number of hydrogen-bond acceptors (Lipinski definition) is 3. The number of hydrogen-bond donors (Lipinski definition) is 1. The summed E-state index contributed by atoms with van der Waals surface area (Å²) < 4.78 is 1.19. The van der Waals surface area contributed by atoms with Crippen LogP contribution < -0.4 is 0 Å². The van der Waals surface area contributed by atoms with Gasteiger partial charge >= 0.3 is 0 Å². The van der Waals surface area contributed by atoms with E-state index < -0.39 is 0 Å². The van der Waals surface area contributed by atoms with E-state index in [-0.39, 0.29) is 0 Å². The molecular weight excluding hydrogens is 242 g/mol. The number of nitrogens with zero attached hydrogens (tertiary/aromatic N) is 1. The lowest BCUT2D eigenvalue weighted by molar-refractivity contribution is 0.278. The Morgan fingerprint density at radius 1 is 1.11 bits per heavy atom. The molecule has 0 unspecified atom stereocenters. The lowest BCUT2D eigenvalue weighted by atomic mass is 10.1. The molecule has 0 spiro atoms.